The van der Waals surface area contributed by atoms with Crippen molar-refractivity contribution in [2.24, 2.45) is 0 Å². The summed E-state index contributed by atoms with van der Waals surface area (Å²) in [6, 6.07) is 10.0. The molecular formula is C19H27N7. The van der Waals surface area contributed by atoms with E-state index in [1.807, 2.05) is 49.1 Å². The van der Waals surface area contributed by atoms with Crippen LogP contribution in [0.15, 0.2) is 30.3 Å². The van der Waals surface area contributed by atoms with Crippen molar-refractivity contribution in [3.05, 3.63) is 30.3 Å². The van der Waals surface area contributed by atoms with E-state index in [9.17, 15) is 0 Å². The van der Waals surface area contributed by atoms with Crippen molar-refractivity contribution in [2.45, 2.75) is 26.3 Å². The highest BCUT2D eigenvalue weighted by molar-refractivity contribution is 5.99. The second-order valence-electron chi connectivity index (χ2n) is 7.66. The molecule has 0 amide bonds. The molecule has 7 nitrogen and oxygen atoms in total. The number of nitrogen functional groups attached to an aromatic ring is 1. The number of likely N-dealkylation sites (N-methyl/N-ethyl adjacent to an activating group) is 1. The largest absolute Gasteiger partial charge is 0.383 e. The van der Waals surface area contributed by atoms with Crippen LogP contribution in [0.2, 0.25) is 0 Å². The van der Waals surface area contributed by atoms with Crippen LogP contribution in [-0.4, -0.2) is 51.8 Å². The van der Waals surface area contributed by atoms with Gasteiger partial charge in [0.1, 0.15) is 5.82 Å². The SMILES string of the molecule is CN(C)CCNc1nc(-c2ccccc2)c2c(N)n(C(C)(C)C)nc2n1. The molecule has 3 N–H and O–H groups in total. The lowest BCUT2D eigenvalue weighted by Gasteiger charge is -2.20. The molecule has 0 atom stereocenters. The number of hydrogen-bond donors (Lipinski definition) is 2. The first kappa shape index (κ1) is 18.1. The van der Waals surface area contributed by atoms with Gasteiger partial charge in [0.15, 0.2) is 5.65 Å². The number of nitrogens with zero attached hydrogens (tertiary/aromatic N) is 5. The van der Waals surface area contributed by atoms with Crippen molar-refractivity contribution < 1.29 is 0 Å². The third-order valence-electron chi connectivity index (χ3n) is 4.09. The molecule has 3 aromatic rings. The van der Waals surface area contributed by atoms with Crippen LogP contribution >= 0.6 is 0 Å². The van der Waals surface area contributed by atoms with Gasteiger partial charge in [-0.15, -0.1) is 5.10 Å². The predicted octanol–water partition coefficient (Wildman–Crippen LogP) is 2.80. The first-order valence-corrected chi connectivity index (χ1v) is 8.78. The molecule has 2 aromatic heterocycles. The van der Waals surface area contributed by atoms with E-state index >= 15 is 0 Å². The van der Waals surface area contributed by atoms with E-state index in [1.54, 1.807) is 0 Å². The topological polar surface area (TPSA) is 84.9 Å². The summed E-state index contributed by atoms with van der Waals surface area (Å²) in [4.78, 5) is 11.5. The predicted molar refractivity (Wildman–Crippen MR) is 107 cm³/mol. The minimum absolute atomic E-state index is 0.239. The third kappa shape index (κ3) is 3.62. The summed E-state index contributed by atoms with van der Waals surface area (Å²) in [5.74, 6) is 1.16. The molecule has 0 spiro atoms. The van der Waals surface area contributed by atoms with Crippen LogP contribution in [0.4, 0.5) is 11.8 Å². The maximum atomic E-state index is 6.45. The number of anilines is 2. The van der Waals surface area contributed by atoms with Gasteiger partial charge in [-0.2, -0.15) is 4.98 Å². The van der Waals surface area contributed by atoms with Crippen molar-refractivity contribution in [3.63, 3.8) is 0 Å². The van der Waals surface area contributed by atoms with Gasteiger partial charge in [0.05, 0.1) is 16.6 Å². The molecule has 1 aromatic carbocycles. The summed E-state index contributed by atoms with van der Waals surface area (Å²) in [6.07, 6.45) is 0. The smallest absolute Gasteiger partial charge is 0.225 e. The van der Waals surface area contributed by atoms with Gasteiger partial charge < -0.3 is 16.0 Å². The van der Waals surface area contributed by atoms with E-state index in [0.717, 1.165) is 29.7 Å². The fourth-order valence-electron chi connectivity index (χ4n) is 2.80. The standard InChI is InChI=1S/C19H27N7/c1-19(2,3)26-16(20)14-15(13-9-7-6-8-10-13)22-18(23-17(14)24-26)21-11-12-25(4)5/h6-10H,11-12,20H2,1-5H3,(H,21,23,24). The number of aromatic nitrogens is 4. The van der Waals surface area contributed by atoms with Crippen LogP contribution in [-0.2, 0) is 5.54 Å². The fourth-order valence-corrected chi connectivity index (χ4v) is 2.80. The molecule has 0 saturated heterocycles. The molecule has 2 heterocycles. The molecule has 0 aliphatic heterocycles. The number of rotatable bonds is 5. The van der Waals surface area contributed by atoms with Crippen LogP contribution in [0, 0.1) is 0 Å². The Hall–Kier alpha value is -2.67. The molecule has 0 fully saturated rings. The monoisotopic (exact) mass is 353 g/mol. The Morgan fingerprint density at radius 2 is 1.81 bits per heavy atom. The van der Waals surface area contributed by atoms with Crippen molar-refractivity contribution in [2.75, 3.05) is 38.2 Å². The molecule has 138 valence electrons. The molecule has 0 radical (unpaired) electrons. The van der Waals surface area contributed by atoms with Crippen molar-refractivity contribution in [1.29, 1.82) is 0 Å². The van der Waals surface area contributed by atoms with Crippen molar-refractivity contribution >= 4 is 22.8 Å². The molecule has 7 heteroatoms. The maximum Gasteiger partial charge on any atom is 0.225 e. The van der Waals surface area contributed by atoms with Gasteiger partial charge in [-0.1, -0.05) is 30.3 Å². The van der Waals surface area contributed by atoms with Crippen LogP contribution in [0.3, 0.4) is 0 Å². The highest BCUT2D eigenvalue weighted by atomic mass is 15.4. The minimum Gasteiger partial charge on any atom is -0.383 e. The zero-order valence-electron chi connectivity index (χ0n) is 16.1. The molecule has 0 saturated carbocycles. The van der Waals surface area contributed by atoms with Gasteiger partial charge in [-0.3, -0.25) is 0 Å². The van der Waals surface area contributed by atoms with E-state index < -0.39 is 0 Å². The number of fused-ring (bicyclic) bond motifs is 1. The number of nitrogens with two attached hydrogens (primary N) is 1. The average molecular weight is 353 g/mol. The zero-order chi connectivity index (χ0) is 18.9. The van der Waals surface area contributed by atoms with Gasteiger partial charge in [0, 0.05) is 18.7 Å². The van der Waals surface area contributed by atoms with Crippen LogP contribution in [0.1, 0.15) is 20.8 Å². The average Bonchev–Trinajstić information content (AvgIpc) is 2.92. The fraction of sp³-hybridized carbons (Fsp3) is 0.421. The van der Waals surface area contributed by atoms with Gasteiger partial charge in [0.2, 0.25) is 5.95 Å². The van der Waals surface area contributed by atoms with Gasteiger partial charge in [0.25, 0.3) is 0 Å². The second kappa shape index (κ2) is 6.92. The molecule has 0 bridgehead atoms. The van der Waals surface area contributed by atoms with Crippen LogP contribution in [0.5, 0.6) is 0 Å². The summed E-state index contributed by atoms with van der Waals surface area (Å²) in [5, 5.41) is 8.75. The highest BCUT2D eigenvalue weighted by Gasteiger charge is 2.24. The second-order valence-corrected chi connectivity index (χ2v) is 7.66. The maximum absolute atomic E-state index is 6.45. The van der Waals surface area contributed by atoms with Crippen LogP contribution < -0.4 is 11.1 Å². The van der Waals surface area contributed by atoms with E-state index in [4.69, 9.17) is 10.7 Å². The zero-order valence-corrected chi connectivity index (χ0v) is 16.1. The van der Waals surface area contributed by atoms with E-state index in [2.05, 4.69) is 41.1 Å². The normalized spacial score (nSPS) is 12.1. The number of nitrogens with one attached hydrogen (secondary N) is 1. The summed E-state index contributed by atoms with van der Waals surface area (Å²) in [5.41, 5.74) is 8.62. The van der Waals surface area contributed by atoms with Crippen LogP contribution in [0.25, 0.3) is 22.3 Å². The number of benzene rings is 1. The summed E-state index contributed by atoms with van der Waals surface area (Å²) < 4.78 is 1.82. The van der Waals surface area contributed by atoms with Crippen molar-refractivity contribution in [3.8, 4) is 11.3 Å². The van der Waals surface area contributed by atoms with E-state index in [1.165, 1.54) is 0 Å². The molecule has 26 heavy (non-hydrogen) atoms. The Kier molecular flexibility index (Phi) is 4.82. The molecule has 3 rings (SSSR count). The van der Waals surface area contributed by atoms with Gasteiger partial charge >= 0.3 is 0 Å². The molecule has 0 aliphatic carbocycles. The number of hydrogen-bond acceptors (Lipinski definition) is 6. The lowest BCUT2D eigenvalue weighted by Crippen LogP contribution is -2.24. The Labute approximate surface area is 154 Å². The lowest BCUT2D eigenvalue weighted by atomic mass is 10.1. The Balaban J connectivity index is 2.15. The Morgan fingerprint density at radius 1 is 1.12 bits per heavy atom. The molecule has 0 aliphatic rings. The Morgan fingerprint density at radius 3 is 2.42 bits per heavy atom. The van der Waals surface area contributed by atoms with Gasteiger partial charge in [-0.25, -0.2) is 9.67 Å². The van der Waals surface area contributed by atoms with E-state index in [-0.39, 0.29) is 5.54 Å². The molecule has 0 unspecified atom stereocenters. The minimum atomic E-state index is -0.239. The lowest BCUT2D eigenvalue weighted by molar-refractivity contribution is 0.364. The summed E-state index contributed by atoms with van der Waals surface area (Å²) >= 11 is 0. The summed E-state index contributed by atoms with van der Waals surface area (Å²) in [7, 11) is 4.07. The summed E-state index contributed by atoms with van der Waals surface area (Å²) in [6.45, 7) is 7.85. The highest BCUT2D eigenvalue weighted by Crippen LogP contribution is 2.33. The Bertz CT molecular complexity index is 892. The van der Waals surface area contributed by atoms with Gasteiger partial charge in [-0.05, 0) is 34.9 Å². The molecular weight excluding hydrogens is 326 g/mol. The third-order valence-corrected chi connectivity index (χ3v) is 4.09. The first-order chi connectivity index (χ1) is 12.3. The first-order valence-electron chi connectivity index (χ1n) is 8.78. The van der Waals surface area contributed by atoms with E-state index in [0.29, 0.717) is 17.4 Å². The van der Waals surface area contributed by atoms with Crippen molar-refractivity contribution in [1.82, 2.24) is 24.6 Å². The quantitative estimate of drug-likeness (QED) is 0.734.